The third-order valence-corrected chi connectivity index (χ3v) is 7.70. The molecule has 1 fully saturated rings. The maximum absolute atomic E-state index is 12.9. The van der Waals surface area contributed by atoms with Crippen LogP contribution in [-0.4, -0.2) is 59.5 Å². The van der Waals surface area contributed by atoms with Crippen molar-refractivity contribution in [1.82, 2.24) is 19.7 Å². The van der Waals surface area contributed by atoms with Crippen LogP contribution in [-0.2, 0) is 24.4 Å². The third kappa shape index (κ3) is 7.18. The van der Waals surface area contributed by atoms with Crippen molar-refractivity contribution in [1.29, 1.82) is 0 Å². The number of nitrogens with zero attached hydrogens (tertiary/aromatic N) is 3. The highest BCUT2D eigenvalue weighted by Crippen LogP contribution is 2.27. The summed E-state index contributed by atoms with van der Waals surface area (Å²) in [4.78, 5) is 28.7. The molecule has 204 valence electrons. The van der Waals surface area contributed by atoms with Crippen molar-refractivity contribution < 1.29 is 9.53 Å². The molecular weight excluding hydrogens is 512 g/mol. The summed E-state index contributed by atoms with van der Waals surface area (Å²) in [5.74, 6) is 0.724. The minimum Gasteiger partial charge on any atom is -0.489 e. The Hall–Kier alpha value is -3.39. The summed E-state index contributed by atoms with van der Waals surface area (Å²) in [7, 11) is 0. The molecule has 5 rings (SSSR count). The zero-order chi connectivity index (χ0) is 27.2. The average Bonchev–Trinajstić information content (AvgIpc) is 2.95. The van der Waals surface area contributed by atoms with Crippen LogP contribution in [0.3, 0.4) is 0 Å². The summed E-state index contributed by atoms with van der Waals surface area (Å²) in [5.41, 5.74) is 5.64. The summed E-state index contributed by atoms with van der Waals surface area (Å²) in [5, 5.41) is 4.24. The number of amides is 1. The second-order valence-corrected chi connectivity index (χ2v) is 10.6. The highest BCUT2D eigenvalue weighted by atomic mass is 35.5. The number of carbonyl (C=O) groups is 1. The molecule has 2 heterocycles. The Bertz CT molecular complexity index is 1390. The summed E-state index contributed by atoms with van der Waals surface area (Å²) >= 11 is 5.94. The highest BCUT2D eigenvalue weighted by Gasteiger charge is 2.18. The molecule has 0 bridgehead atoms. The van der Waals surface area contributed by atoms with Crippen molar-refractivity contribution in [2.45, 2.75) is 32.9 Å². The normalized spacial score (nSPS) is 15.5. The van der Waals surface area contributed by atoms with Gasteiger partial charge in [0.2, 0.25) is 5.91 Å². The Morgan fingerprint density at radius 1 is 0.974 bits per heavy atom. The van der Waals surface area contributed by atoms with Crippen LogP contribution in [0, 0.1) is 0 Å². The Balaban J connectivity index is 1.13. The summed E-state index contributed by atoms with van der Waals surface area (Å²) in [6.07, 6.45) is 5.62. The lowest BCUT2D eigenvalue weighted by atomic mass is 9.93. The Labute approximate surface area is 234 Å². The van der Waals surface area contributed by atoms with E-state index in [1.54, 1.807) is 23.8 Å². The third-order valence-electron chi connectivity index (χ3n) is 7.45. The monoisotopic (exact) mass is 546 g/mol. The molecule has 0 saturated carbocycles. The van der Waals surface area contributed by atoms with Crippen LogP contribution in [0.2, 0.25) is 5.02 Å². The minimum absolute atomic E-state index is 0.0955. The van der Waals surface area contributed by atoms with Gasteiger partial charge in [-0.1, -0.05) is 41.9 Å². The van der Waals surface area contributed by atoms with E-state index in [1.807, 2.05) is 35.2 Å². The quantitative estimate of drug-likeness (QED) is 0.406. The van der Waals surface area contributed by atoms with Crippen LogP contribution in [0.15, 0.2) is 65.6 Å². The number of carbonyl (C=O) groups excluding carboxylic acids is 1. The Morgan fingerprint density at radius 3 is 2.49 bits per heavy atom. The van der Waals surface area contributed by atoms with Gasteiger partial charge >= 0.3 is 0 Å². The Morgan fingerprint density at radius 2 is 1.74 bits per heavy atom. The number of benzene rings is 2. The number of ether oxygens (including phenoxy) is 1. The number of piperazine rings is 1. The van der Waals surface area contributed by atoms with Gasteiger partial charge in [0.25, 0.3) is 5.56 Å². The number of hydrogen-bond donors (Lipinski definition) is 1. The SMILES string of the molecule is CC(=O)N1CCN(CCNCc2ccc3c(c2)CCC(n2ccc(OCc4ccc(Cl)cc4)cc2=O)=C3)CC1. The van der Waals surface area contributed by atoms with E-state index in [-0.39, 0.29) is 11.5 Å². The molecule has 8 heteroatoms. The van der Waals surface area contributed by atoms with Gasteiger partial charge in [0.1, 0.15) is 12.4 Å². The predicted molar refractivity (Wildman–Crippen MR) is 156 cm³/mol. The molecule has 1 N–H and O–H groups in total. The van der Waals surface area contributed by atoms with E-state index in [1.165, 1.54) is 16.7 Å². The van der Waals surface area contributed by atoms with E-state index < -0.39 is 0 Å². The predicted octanol–water partition coefficient (Wildman–Crippen LogP) is 4.28. The van der Waals surface area contributed by atoms with Crippen molar-refractivity contribution in [3.63, 3.8) is 0 Å². The van der Waals surface area contributed by atoms with Crippen LogP contribution in [0.4, 0.5) is 0 Å². The lowest BCUT2D eigenvalue weighted by molar-refractivity contribution is -0.130. The fraction of sp³-hybridized carbons (Fsp3) is 0.355. The number of hydrogen-bond acceptors (Lipinski definition) is 5. The smallest absolute Gasteiger partial charge is 0.258 e. The first-order valence-corrected chi connectivity index (χ1v) is 13.9. The van der Waals surface area contributed by atoms with Gasteiger partial charge in [-0.3, -0.25) is 19.1 Å². The molecule has 3 aromatic rings. The number of rotatable bonds is 9. The number of allylic oxidation sites excluding steroid dienone is 1. The molecule has 0 unspecified atom stereocenters. The van der Waals surface area contributed by atoms with Crippen LogP contribution in [0.1, 0.15) is 35.6 Å². The van der Waals surface area contributed by atoms with E-state index >= 15 is 0 Å². The topological polar surface area (TPSA) is 66.8 Å². The van der Waals surface area contributed by atoms with Gasteiger partial charge in [-0.05, 0) is 59.4 Å². The number of aryl methyl sites for hydroxylation is 1. The van der Waals surface area contributed by atoms with Crippen LogP contribution in [0.25, 0.3) is 11.8 Å². The molecule has 7 nitrogen and oxygen atoms in total. The maximum atomic E-state index is 12.9. The fourth-order valence-corrected chi connectivity index (χ4v) is 5.25. The number of halogens is 1. The van der Waals surface area contributed by atoms with Crippen molar-refractivity contribution in [3.8, 4) is 5.75 Å². The van der Waals surface area contributed by atoms with E-state index in [4.69, 9.17) is 16.3 Å². The van der Waals surface area contributed by atoms with Crippen molar-refractivity contribution in [3.05, 3.63) is 98.4 Å². The second kappa shape index (κ2) is 12.6. The van der Waals surface area contributed by atoms with Crippen molar-refractivity contribution in [2.75, 3.05) is 39.3 Å². The van der Waals surface area contributed by atoms with Crippen LogP contribution < -0.4 is 15.6 Å². The maximum Gasteiger partial charge on any atom is 0.258 e. The van der Waals surface area contributed by atoms with E-state index in [0.717, 1.165) is 69.9 Å². The summed E-state index contributed by atoms with van der Waals surface area (Å²) < 4.78 is 7.53. The number of nitrogens with one attached hydrogen (secondary N) is 1. The molecule has 0 radical (unpaired) electrons. The molecule has 0 atom stereocenters. The summed E-state index contributed by atoms with van der Waals surface area (Å²) in [6.45, 7) is 8.29. The molecule has 2 aromatic carbocycles. The molecule has 0 spiro atoms. The number of fused-ring (bicyclic) bond motifs is 1. The molecule has 39 heavy (non-hydrogen) atoms. The van der Waals surface area contributed by atoms with Gasteiger partial charge < -0.3 is 15.0 Å². The van der Waals surface area contributed by atoms with Gasteiger partial charge in [-0.15, -0.1) is 0 Å². The lowest BCUT2D eigenvalue weighted by Gasteiger charge is -2.34. The van der Waals surface area contributed by atoms with E-state index in [0.29, 0.717) is 17.4 Å². The number of aromatic nitrogens is 1. The van der Waals surface area contributed by atoms with Gasteiger partial charge in [-0.25, -0.2) is 0 Å². The molecule has 2 aliphatic rings. The molecule has 1 saturated heterocycles. The first kappa shape index (κ1) is 27.2. The van der Waals surface area contributed by atoms with Crippen molar-refractivity contribution >= 4 is 29.3 Å². The molecule has 1 aromatic heterocycles. The van der Waals surface area contributed by atoms with Crippen molar-refractivity contribution in [2.24, 2.45) is 0 Å². The first-order chi connectivity index (χ1) is 18.9. The molecule has 1 aliphatic carbocycles. The molecule has 1 amide bonds. The lowest BCUT2D eigenvalue weighted by Crippen LogP contribution is -2.49. The zero-order valence-corrected chi connectivity index (χ0v) is 23.1. The van der Waals surface area contributed by atoms with Crippen LogP contribution in [0.5, 0.6) is 5.75 Å². The van der Waals surface area contributed by atoms with Gasteiger partial charge in [0.15, 0.2) is 0 Å². The summed E-state index contributed by atoms with van der Waals surface area (Å²) in [6, 6.07) is 17.5. The second-order valence-electron chi connectivity index (χ2n) is 10.2. The molecule has 1 aliphatic heterocycles. The van der Waals surface area contributed by atoms with Gasteiger partial charge in [-0.2, -0.15) is 0 Å². The van der Waals surface area contributed by atoms with Gasteiger partial charge in [0, 0.05) is 75.7 Å². The van der Waals surface area contributed by atoms with Gasteiger partial charge in [0.05, 0.1) is 0 Å². The zero-order valence-electron chi connectivity index (χ0n) is 22.4. The molecular formula is C31H35ClN4O3. The fourth-order valence-electron chi connectivity index (χ4n) is 5.12. The highest BCUT2D eigenvalue weighted by molar-refractivity contribution is 6.30. The Kier molecular flexibility index (Phi) is 8.81. The number of pyridine rings is 1. The first-order valence-electron chi connectivity index (χ1n) is 13.6. The minimum atomic E-state index is -0.0955. The van der Waals surface area contributed by atoms with E-state index in [9.17, 15) is 9.59 Å². The standard InChI is InChI=1S/C31H35ClN4O3/c1-23(37)35-16-14-34(15-17-35)13-11-33-21-25-2-5-27-19-29(9-6-26(27)18-25)36-12-10-30(20-31(36)38)39-22-24-3-7-28(32)8-4-24/h2-5,7-8,10,12,18-20,33H,6,9,11,13-17,21-22H2,1H3. The van der Waals surface area contributed by atoms with E-state index in [2.05, 4.69) is 34.5 Å². The average molecular weight is 547 g/mol. The largest absolute Gasteiger partial charge is 0.489 e. The van der Waals surface area contributed by atoms with Crippen LogP contribution >= 0.6 is 11.6 Å².